The highest BCUT2D eigenvalue weighted by atomic mass is 16.4. The van der Waals surface area contributed by atoms with Gasteiger partial charge in [-0.15, -0.1) is 0 Å². The Morgan fingerprint density at radius 2 is 2.05 bits per heavy atom. The van der Waals surface area contributed by atoms with E-state index >= 15 is 0 Å². The van der Waals surface area contributed by atoms with Gasteiger partial charge in [0, 0.05) is 25.5 Å². The van der Waals surface area contributed by atoms with Crippen molar-refractivity contribution in [1.29, 1.82) is 0 Å². The summed E-state index contributed by atoms with van der Waals surface area (Å²) < 4.78 is 1.59. The summed E-state index contributed by atoms with van der Waals surface area (Å²) in [6, 6.07) is 0. The van der Waals surface area contributed by atoms with Gasteiger partial charge in [-0.3, -0.25) is 9.59 Å². The van der Waals surface area contributed by atoms with Crippen LogP contribution in [0, 0.1) is 17.8 Å². The summed E-state index contributed by atoms with van der Waals surface area (Å²) in [5, 5.41) is 12.0. The number of hydrogen-bond donors (Lipinski definition) is 2. The van der Waals surface area contributed by atoms with E-state index in [9.17, 15) is 9.59 Å². The monoisotopic (exact) mass is 281 g/mol. The lowest BCUT2D eigenvalue weighted by molar-refractivity contribution is -0.142. The van der Waals surface area contributed by atoms with Gasteiger partial charge in [0.15, 0.2) is 5.82 Å². The highest BCUT2D eigenvalue weighted by molar-refractivity contribution is 5.71. The zero-order chi connectivity index (χ0) is 15.3. The van der Waals surface area contributed by atoms with Gasteiger partial charge in [0.2, 0.25) is 0 Å². The molecule has 0 aliphatic carbocycles. The van der Waals surface area contributed by atoms with Crippen LogP contribution in [0.15, 0.2) is 17.2 Å². The lowest BCUT2D eigenvalue weighted by atomic mass is 9.96. The van der Waals surface area contributed by atoms with Crippen molar-refractivity contribution in [3.63, 3.8) is 0 Å². The molecule has 0 saturated carbocycles. The van der Waals surface area contributed by atoms with Crippen molar-refractivity contribution in [2.75, 3.05) is 11.9 Å². The van der Waals surface area contributed by atoms with Crippen molar-refractivity contribution in [3.05, 3.63) is 22.7 Å². The Bertz CT molecular complexity index is 509. The number of rotatable bonds is 7. The van der Waals surface area contributed by atoms with Crippen molar-refractivity contribution in [3.8, 4) is 0 Å². The fraction of sp³-hybridized carbons (Fsp3) is 0.643. The molecule has 0 radical (unpaired) electrons. The summed E-state index contributed by atoms with van der Waals surface area (Å²) in [5.74, 6) is -0.868. The molecule has 1 rings (SSSR count). The van der Waals surface area contributed by atoms with Gasteiger partial charge in [-0.25, -0.2) is 4.98 Å². The van der Waals surface area contributed by atoms with Crippen LogP contribution in [0.5, 0.6) is 0 Å². The number of carboxylic acid groups (broad SMARTS) is 1. The van der Waals surface area contributed by atoms with Gasteiger partial charge >= 0.3 is 5.97 Å². The molecular formula is C14H23N3O3. The van der Waals surface area contributed by atoms with Crippen LogP contribution in [-0.4, -0.2) is 27.2 Å². The molecule has 0 saturated heterocycles. The molecule has 1 unspecified atom stereocenters. The molecule has 0 aromatic carbocycles. The van der Waals surface area contributed by atoms with E-state index in [2.05, 4.69) is 10.3 Å². The average Bonchev–Trinajstić information content (AvgIpc) is 2.32. The van der Waals surface area contributed by atoms with E-state index < -0.39 is 11.9 Å². The second kappa shape index (κ2) is 7.07. The fourth-order valence-corrected chi connectivity index (χ4v) is 1.92. The molecule has 1 aromatic heterocycles. The highest BCUT2D eigenvalue weighted by Crippen LogP contribution is 2.11. The number of hydrogen-bond acceptors (Lipinski definition) is 4. The summed E-state index contributed by atoms with van der Waals surface area (Å²) in [7, 11) is 0. The maximum atomic E-state index is 12.1. The first-order chi connectivity index (χ1) is 9.32. The van der Waals surface area contributed by atoms with Gasteiger partial charge in [0.1, 0.15) is 0 Å². The first kappa shape index (κ1) is 16.2. The molecule has 6 heteroatoms. The quantitative estimate of drug-likeness (QED) is 0.794. The van der Waals surface area contributed by atoms with E-state index in [0.29, 0.717) is 12.5 Å². The van der Waals surface area contributed by atoms with Crippen LogP contribution in [0.1, 0.15) is 27.7 Å². The van der Waals surface area contributed by atoms with Gasteiger partial charge in [0.25, 0.3) is 5.56 Å². The van der Waals surface area contributed by atoms with E-state index in [0.717, 1.165) is 0 Å². The zero-order valence-electron chi connectivity index (χ0n) is 12.5. The third-order valence-corrected chi connectivity index (χ3v) is 3.09. The molecule has 0 fully saturated rings. The summed E-state index contributed by atoms with van der Waals surface area (Å²) in [6.07, 6.45) is 3.20. The molecule has 1 heterocycles. The number of anilines is 1. The van der Waals surface area contributed by atoms with E-state index in [1.54, 1.807) is 17.0 Å². The minimum Gasteiger partial charge on any atom is -0.481 e. The van der Waals surface area contributed by atoms with Gasteiger partial charge in [-0.05, 0) is 11.8 Å². The smallest absolute Gasteiger partial charge is 0.308 e. The molecule has 0 aliphatic rings. The Labute approximate surface area is 118 Å². The van der Waals surface area contributed by atoms with Crippen LogP contribution in [0.25, 0.3) is 0 Å². The van der Waals surface area contributed by atoms with Crippen molar-refractivity contribution in [1.82, 2.24) is 9.55 Å². The molecule has 2 N–H and O–H groups in total. The first-order valence-electron chi connectivity index (χ1n) is 6.85. The van der Waals surface area contributed by atoms with Crippen molar-refractivity contribution in [2.45, 2.75) is 34.2 Å². The standard InChI is InChI=1S/C14H23N3O3/c1-9(2)8-17-6-5-15-12(13(17)18)16-7-11(10(3)4)14(19)20/h5-6,9-11H,7-8H2,1-4H3,(H,15,16)(H,19,20). The first-order valence-corrected chi connectivity index (χ1v) is 6.85. The average molecular weight is 281 g/mol. The van der Waals surface area contributed by atoms with Crippen LogP contribution in [-0.2, 0) is 11.3 Å². The van der Waals surface area contributed by atoms with E-state index in [4.69, 9.17) is 5.11 Å². The predicted molar refractivity (Wildman–Crippen MR) is 77.8 cm³/mol. The van der Waals surface area contributed by atoms with Crippen molar-refractivity contribution >= 4 is 11.8 Å². The molecule has 112 valence electrons. The van der Waals surface area contributed by atoms with Crippen LogP contribution >= 0.6 is 0 Å². The summed E-state index contributed by atoms with van der Waals surface area (Å²) in [5.41, 5.74) is -0.214. The largest absolute Gasteiger partial charge is 0.481 e. The van der Waals surface area contributed by atoms with Crippen LogP contribution in [0.4, 0.5) is 5.82 Å². The molecule has 6 nitrogen and oxygen atoms in total. The summed E-state index contributed by atoms with van der Waals surface area (Å²) >= 11 is 0. The van der Waals surface area contributed by atoms with E-state index in [1.165, 1.54) is 0 Å². The predicted octanol–water partition coefficient (Wildman–Crippen LogP) is 1.67. The number of carbonyl (C=O) groups is 1. The number of nitrogens with one attached hydrogen (secondary N) is 1. The Morgan fingerprint density at radius 1 is 1.40 bits per heavy atom. The van der Waals surface area contributed by atoms with Gasteiger partial charge < -0.3 is 15.0 Å². The minimum atomic E-state index is -0.870. The number of aliphatic carboxylic acids is 1. The molecular weight excluding hydrogens is 258 g/mol. The van der Waals surface area contributed by atoms with Crippen LogP contribution in [0.3, 0.4) is 0 Å². The zero-order valence-corrected chi connectivity index (χ0v) is 12.5. The maximum absolute atomic E-state index is 12.1. The molecule has 1 atom stereocenters. The minimum absolute atomic E-state index is 0.0124. The van der Waals surface area contributed by atoms with Gasteiger partial charge in [-0.1, -0.05) is 27.7 Å². The van der Waals surface area contributed by atoms with Gasteiger partial charge in [0.05, 0.1) is 5.92 Å². The Kier molecular flexibility index (Phi) is 5.73. The SMILES string of the molecule is CC(C)Cn1ccnc(NCC(C(=O)O)C(C)C)c1=O. The Balaban J connectivity index is 2.83. The summed E-state index contributed by atoms with van der Waals surface area (Å²) in [4.78, 5) is 27.3. The second-order valence-corrected chi connectivity index (χ2v) is 5.70. The maximum Gasteiger partial charge on any atom is 0.308 e. The molecule has 1 aromatic rings. The number of carboxylic acids is 1. The normalized spacial score (nSPS) is 12.7. The Hall–Kier alpha value is -1.85. The van der Waals surface area contributed by atoms with Crippen molar-refractivity contribution < 1.29 is 9.90 Å². The fourth-order valence-electron chi connectivity index (χ4n) is 1.92. The third-order valence-electron chi connectivity index (χ3n) is 3.09. The van der Waals surface area contributed by atoms with E-state index in [-0.39, 0.29) is 23.8 Å². The lowest BCUT2D eigenvalue weighted by Gasteiger charge is -2.17. The number of nitrogens with zero attached hydrogens (tertiary/aromatic N) is 2. The highest BCUT2D eigenvalue weighted by Gasteiger charge is 2.21. The topological polar surface area (TPSA) is 84.2 Å². The van der Waals surface area contributed by atoms with Gasteiger partial charge in [-0.2, -0.15) is 0 Å². The lowest BCUT2D eigenvalue weighted by Crippen LogP contribution is -2.31. The van der Waals surface area contributed by atoms with E-state index in [1.807, 2.05) is 27.7 Å². The van der Waals surface area contributed by atoms with Crippen LogP contribution in [0.2, 0.25) is 0 Å². The summed E-state index contributed by atoms with van der Waals surface area (Å²) in [6.45, 7) is 8.55. The molecule has 20 heavy (non-hydrogen) atoms. The molecule has 0 aliphatic heterocycles. The third kappa shape index (κ3) is 4.36. The second-order valence-electron chi connectivity index (χ2n) is 5.70. The molecule has 0 spiro atoms. The van der Waals surface area contributed by atoms with Crippen molar-refractivity contribution in [2.24, 2.45) is 17.8 Å². The molecule has 0 amide bonds. The van der Waals surface area contributed by atoms with Crippen LogP contribution < -0.4 is 10.9 Å². The molecule has 0 bridgehead atoms. The Morgan fingerprint density at radius 3 is 2.55 bits per heavy atom. The number of aromatic nitrogens is 2.